The Balaban J connectivity index is 2.55. The summed E-state index contributed by atoms with van der Waals surface area (Å²) >= 11 is 0. The van der Waals surface area contributed by atoms with Crippen LogP contribution in [0.15, 0.2) is 6.33 Å². The SMILES string of the molecule is CC(C)NC(=O)Cn1cnnc1CO. The summed E-state index contributed by atoms with van der Waals surface area (Å²) < 4.78 is 1.51. The number of carbonyl (C=O) groups is 1. The first-order chi connectivity index (χ1) is 6.63. The van der Waals surface area contributed by atoms with Gasteiger partial charge in [0.1, 0.15) is 19.5 Å². The zero-order valence-electron chi connectivity index (χ0n) is 8.27. The fourth-order valence-corrected chi connectivity index (χ4v) is 1.06. The average molecular weight is 198 g/mol. The maximum atomic E-state index is 11.3. The van der Waals surface area contributed by atoms with E-state index in [9.17, 15) is 4.79 Å². The number of carbonyl (C=O) groups excluding carboxylic acids is 1. The highest BCUT2D eigenvalue weighted by Gasteiger charge is 2.08. The summed E-state index contributed by atoms with van der Waals surface area (Å²) in [6.07, 6.45) is 1.42. The van der Waals surface area contributed by atoms with Crippen molar-refractivity contribution >= 4 is 5.91 Å². The number of amides is 1. The van der Waals surface area contributed by atoms with Gasteiger partial charge in [0.15, 0.2) is 5.82 Å². The molecule has 0 fully saturated rings. The Morgan fingerprint density at radius 1 is 1.71 bits per heavy atom. The van der Waals surface area contributed by atoms with Gasteiger partial charge in [-0.05, 0) is 13.8 Å². The predicted octanol–water partition coefficient (Wildman–Crippen LogP) is -0.705. The molecule has 0 aliphatic heterocycles. The lowest BCUT2D eigenvalue weighted by Crippen LogP contribution is -2.33. The van der Waals surface area contributed by atoms with Gasteiger partial charge in [-0.1, -0.05) is 0 Å². The van der Waals surface area contributed by atoms with E-state index >= 15 is 0 Å². The first-order valence-corrected chi connectivity index (χ1v) is 4.40. The van der Waals surface area contributed by atoms with Crippen LogP contribution < -0.4 is 5.32 Å². The van der Waals surface area contributed by atoms with Crippen molar-refractivity contribution in [2.75, 3.05) is 0 Å². The summed E-state index contributed by atoms with van der Waals surface area (Å²) in [7, 11) is 0. The first-order valence-electron chi connectivity index (χ1n) is 4.40. The van der Waals surface area contributed by atoms with E-state index < -0.39 is 0 Å². The number of rotatable bonds is 4. The Labute approximate surface area is 82.0 Å². The minimum absolute atomic E-state index is 0.108. The third-order valence-electron chi connectivity index (χ3n) is 1.60. The van der Waals surface area contributed by atoms with Crippen molar-refractivity contribution in [3.8, 4) is 0 Å². The summed E-state index contributed by atoms with van der Waals surface area (Å²) in [5, 5.41) is 18.8. The largest absolute Gasteiger partial charge is 0.388 e. The summed E-state index contributed by atoms with van der Waals surface area (Å²) in [5.41, 5.74) is 0. The van der Waals surface area contributed by atoms with Gasteiger partial charge >= 0.3 is 0 Å². The van der Waals surface area contributed by atoms with E-state index in [1.54, 1.807) is 0 Å². The van der Waals surface area contributed by atoms with Gasteiger partial charge in [-0.3, -0.25) is 4.79 Å². The van der Waals surface area contributed by atoms with Crippen molar-refractivity contribution in [3.63, 3.8) is 0 Å². The molecule has 1 aromatic rings. The lowest BCUT2D eigenvalue weighted by Gasteiger charge is -2.09. The average Bonchev–Trinajstić information content (AvgIpc) is 2.50. The van der Waals surface area contributed by atoms with E-state index in [2.05, 4.69) is 15.5 Å². The smallest absolute Gasteiger partial charge is 0.240 e. The molecule has 6 heteroatoms. The lowest BCUT2D eigenvalue weighted by atomic mass is 10.4. The monoisotopic (exact) mass is 198 g/mol. The van der Waals surface area contributed by atoms with Gasteiger partial charge in [-0.15, -0.1) is 10.2 Å². The van der Waals surface area contributed by atoms with E-state index in [0.717, 1.165) is 0 Å². The Morgan fingerprint density at radius 2 is 2.43 bits per heavy atom. The standard InChI is InChI=1S/C8H14N4O2/c1-6(2)10-8(14)3-12-5-9-11-7(12)4-13/h5-6,13H,3-4H2,1-2H3,(H,10,14). The second-order valence-corrected chi connectivity index (χ2v) is 3.26. The molecule has 6 nitrogen and oxygen atoms in total. The molecule has 0 unspecified atom stereocenters. The maximum absolute atomic E-state index is 11.3. The molecule has 0 radical (unpaired) electrons. The number of aliphatic hydroxyl groups is 1. The van der Waals surface area contributed by atoms with E-state index in [1.807, 2.05) is 13.8 Å². The predicted molar refractivity (Wildman–Crippen MR) is 49.2 cm³/mol. The zero-order valence-corrected chi connectivity index (χ0v) is 8.27. The number of nitrogens with zero attached hydrogens (tertiary/aromatic N) is 3. The second-order valence-electron chi connectivity index (χ2n) is 3.26. The molecule has 0 saturated carbocycles. The second kappa shape index (κ2) is 4.71. The molecule has 0 aliphatic rings. The number of aliphatic hydroxyl groups excluding tert-OH is 1. The molecule has 78 valence electrons. The molecule has 0 aliphatic carbocycles. The topological polar surface area (TPSA) is 80.0 Å². The lowest BCUT2D eigenvalue weighted by molar-refractivity contribution is -0.122. The van der Waals surface area contributed by atoms with Gasteiger partial charge in [0.05, 0.1) is 0 Å². The van der Waals surface area contributed by atoms with Crippen molar-refractivity contribution < 1.29 is 9.90 Å². The highest BCUT2D eigenvalue weighted by molar-refractivity contribution is 5.75. The van der Waals surface area contributed by atoms with Crippen LogP contribution in [0.2, 0.25) is 0 Å². The van der Waals surface area contributed by atoms with Gasteiger partial charge in [0.25, 0.3) is 0 Å². The van der Waals surface area contributed by atoms with Crippen molar-refractivity contribution in [3.05, 3.63) is 12.2 Å². The fourth-order valence-electron chi connectivity index (χ4n) is 1.06. The van der Waals surface area contributed by atoms with Crippen LogP contribution in [-0.2, 0) is 17.9 Å². The molecule has 1 aromatic heterocycles. The van der Waals surface area contributed by atoms with Gasteiger partial charge < -0.3 is 15.0 Å². The van der Waals surface area contributed by atoms with Crippen LogP contribution in [0.25, 0.3) is 0 Å². The highest BCUT2D eigenvalue weighted by atomic mass is 16.3. The van der Waals surface area contributed by atoms with Crippen molar-refractivity contribution in [1.82, 2.24) is 20.1 Å². The van der Waals surface area contributed by atoms with Gasteiger partial charge in [-0.2, -0.15) is 0 Å². The molecular formula is C8H14N4O2. The number of hydrogen-bond acceptors (Lipinski definition) is 4. The first kappa shape index (κ1) is 10.6. The summed E-state index contributed by atoms with van der Waals surface area (Å²) in [5.74, 6) is 0.276. The zero-order chi connectivity index (χ0) is 10.6. The molecule has 0 saturated heterocycles. The molecular weight excluding hydrogens is 184 g/mol. The highest BCUT2D eigenvalue weighted by Crippen LogP contribution is 1.94. The summed E-state index contributed by atoms with van der Waals surface area (Å²) in [6, 6.07) is 0.108. The number of nitrogens with one attached hydrogen (secondary N) is 1. The number of hydrogen-bond donors (Lipinski definition) is 2. The molecule has 0 aromatic carbocycles. The molecule has 14 heavy (non-hydrogen) atoms. The van der Waals surface area contributed by atoms with E-state index in [0.29, 0.717) is 5.82 Å². The van der Waals surface area contributed by atoms with Crippen LogP contribution in [0.1, 0.15) is 19.7 Å². The van der Waals surface area contributed by atoms with Crippen LogP contribution >= 0.6 is 0 Å². The number of aromatic nitrogens is 3. The van der Waals surface area contributed by atoms with Crippen molar-refractivity contribution in [1.29, 1.82) is 0 Å². The van der Waals surface area contributed by atoms with E-state index in [-0.39, 0.29) is 25.1 Å². The van der Waals surface area contributed by atoms with Crippen molar-refractivity contribution in [2.24, 2.45) is 0 Å². The van der Waals surface area contributed by atoms with E-state index in [4.69, 9.17) is 5.11 Å². The van der Waals surface area contributed by atoms with Crippen LogP contribution in [0.5, 0.6) is 0 Å². The Morgan fingerprint density at radius 3 is 3.00 bits per heavy atom. The van der Waals surface area contributed by atoms with Crippen LogP contribution in [0.3, 0.4) is 0 Å². The summed E-state index contributed by atoms with van der Waals surface area (Å²) in [6.45, 7) is 3.70. The van der Waals surface area contributed by atoms with Crippen molar-refractivity contribution in [2.45, 2.75) is 33.0 Å². The maximum Gasteiger partial charge on any atom is 0.240 e. The molecule has 1 rings (SSSR count). The Kier molecular flexibility index (Phi) is 3.58. The third kappa shape index (κ3) is 2.81. The molecule has 0 spiro atoms. The minimum Gasteiger partial charge on any atom is -0.388 e. The molecule has 1 heterocycles. The van der Waals surface area contributed by atoms with Crippen LogP contribution in [0.4, 0.5) is 0 Å². The third-order valence-corrected chi connectivity index (χ3v) is 1.60. The minimum atomic E-state index is -0.213. The van der Waals surface area contributed by atoms with Gasteiger partial charge in [0, 0.05) is 6.04 Å². The normalized spacial score (nSPS) is 10.6. The molecule has 1 amide bonds. The molecule has 2 N–H and O–H groups in total. The Bertz CT molecular complexity index is 308. The quantitative estimate of drug-likeness (QED) is 0.670. The van der Waals surface area contributed by atoms with E-state index in [1.165, 1.54) is 10.9 Å². The molecule has 0 atom stereocenters. The molecule has 0 bridgehead atoms. The Hall–Kier alpha value is -1.43. The van der Waals surface area contributed by atoms with Gasteiger partial charge in [-0.25, -0.2) is 0 Å². The van der Waals surface area contributed by atoms with Crippen LogP contribution in [-0.4, -0.2) is 31.8 Å². The summed E-state index contributed by atoms with van der Waals surface area (Å²) in [4.78, 5) is 11.3. The van der Waals surface area contributed by atoms with Crippen LogP contribution in [0, 0.1) is 0 Å². The van der Waals surface area contributed by atoms with Gasteiger partial charge in [0.2, 0.25) is 5.91 Å². The fraction of sp³-hybridized carbons (Fsp3) is 0.625.